The molecule has 1 saturated heterocycles. The minimum atomic E-state index is -3.47. The van der Waals surface area contributed by atoms with Crippen molar-refractivity contribution < 1.29 is 13.2 Å². The number of rotatable bonds is 6. The molecule has 0 aromatic heterocycles. The van der Waals surface area contributed by atoms with Crippen molar-refractivity contribution in [2.45, 2.75) is 25.8 Å². The van der Waals surface area contributed by atoms with Crippen molar-refractivity contribution in [2.24, 2.45) is 5.73 Å². The van der Waals surface area contributed by atoms with Gasteiger partial charge in [-0.05, 0) is 31.4 Å². The van der Waals surface area contributed by atoms with Gasteiger partial charge in [-0.2, -0.15) is 0 Å². The van der Waals surface area contributed by atoms with E-state index in [1.54, 1.807) is 6.08 Å². The highest BCUT2D eigenvalue weighted by molar-refractivity contribution is 7.92. The number of primary amides is 1. The van der Waals surface area contributed by atoms with Gasteiger partial charge in [0, 0.05) is 24.5 Å². The maximum atomic E-state index is 12.1. The van der Waals surface area contributed by atoms with Crippen molar-refractivity contribution in [3.8, 4) is 0 Å². The number of amides is 1. The smallest absolute Gasteiger partial charge is 0.233 e. The van der Waals surface area contributed by atoms with Gasteiger partial charge in [0.25, 0.3) is 0 Å². The molecule has 0 spiro atoms. The number of likely N-dealkylation sites (tertiary alicyclic amines) is 1. The molecule has 0 aliphatic carbocycles. The van der Waals surface area contributed by atoms with E-state index in [9.17, 15) is 13.2 Å². The zero-order valence-corrected chi connectivity index (χ0v) is 14.1. The molecule has 1 aromatic carbocycles. The molecule has 1 heterocycles. The molecular formula is C16H23N3O3S. The summed E-state index contributed by atoms with van der Waals surface area (Å²) in [4.78, 5) is 12.8. The molecule has 0 saturated carbocycles. The molecule has 0 radical (unpaired) electrons. The van der Waals surface area contributed by atoms with E-state index < -0.39 is 10.0 Å². The minimum Gasteiger partial charge on any atom is -0.369 e. The fraction of sp³-hybridized carbons (Fsp3) is 0.438. The van der Waals surface area contributed by atoms with Crippen LogP contribution in [0.3, 0.4) is 0 Å². The van der Waals surface area contributed by atoms with Gasteiger partial charge < -0.3 is 5.73 Å². The van der Waals surface area contributed by atoms with Crippen LogP contribution < -0.4 is 10.5 Å². The predicted octanol–water partition coefficient (Wildman–Crippen LogP) is 0.835. The number of hydrogen-bond acceptors (Lipinski definition) is 4. The van der Waals surface area contributed by atoms with Crippen LogP contribution in [0.15, 0.2) is 29.7 Å². The number of piperidine rings is 1. The van der Waals surface area contributed by atoms with E-state index >= 15 is 0 Å². The Morgan fingerprint density at radius 2 is 1.91 bits per heavy atom. The lowest BCUT2D eigenvalue weighted by Crippen LogP contribution is -2.46. The third kappa shape index (κ3) is 6.13. The molecule has 3 N–H and O–H groups in total. The Morgan fingerprint density at radius 1 is 1.30 bits per heavy atom. The second-order valence-electron chi connectivity index (χ2n) is 5.89. The maximum absolute atomic E-state index is 12.1. The van der Waals surface area contributed by atoms with E-state index in [4.69, 9.17) is 5.73 Å². The lowest BCUT2D eigenvalue weighted by Gasteiger charge is -2.30. The summed E-state index contributed by atoms with van der Waals surface area (Å²) in [5.74, 6) is -0.356. The molecule has 7 heteroatoms. The van der Waals surface area contributed by atoms with Gasteiger partial charge in [0.15, 0.2) is 0 Å². The van der Waals surface area contributed by atoms with Crippen LogP contribution in [0, 0.1) is 6.92 Å². The Balaban J connectivity index is 1.87. The first-order chi connectivity index (χ1) is 10.8. The first-order valence-electron chi connectivity index (χ1n) is 7.62. The number of nitrogens with one attached hydrogen (secondary N) is 1. The van der Waals surface area contributed by atoms with Crippen LogP contribution in [-0.4, -0.2) is 44.9 Å². The van der Waals surface area contributed by atoms with Gasteiger partial charge in [-0.15, -0.1) is 0 Å². The fourth-order valence-electron chi connectivity index (χ4n) is 2.55. The molecule has 6 nitrogen and oxygen atoms in total. The van der Waals surface area contributed by atoms with Crippen LogP contribution in [-0.2, 0) is 14.8 Å². The number of sulfonamides is 1. The standard InChI is InChI=1S/C16H23N3O3S/c1-13-2-4-14(5-3-13)8-11-23(21,22)18-15-6-9-19(10-7-15)12-16(17)20/h2-5,8,11,15,18H,6-7,9-10,12H2,1H3,(H2,17,20)/b11-8+. The molecule has 126 valence electrons. The monoisotopic (exact) mass is 337 g/mol. The Hall–Kier alpha value is -1.70. The second kappa shape index (κ2) is 7.72. The summed E-state index contributed by atoms with van der Waals surface area (Å²) in [7, 11) is -3.47. The summed E-state index contributed by atoms with van der Waals surface area (Å²) in [6, 6.07) is 7.53. The molecule has 23 heavy (non-hydrogen) atoms. The van der Waals surface area contributed by atoms with Gasteiger partial charge in [0.2, 0.25) is 15.9 Å². The molecule has 1 fully saturated rings. The molecule has 1 amide bonds. The number of benzene rings is 1. The second-order valence-corrected chi connectivity index (χ2v) is 7.49. The third-order valence-corrected chi connectivity index (χ3v) is 4.97. The molecule has 1 aliphatic rings. The van der Waals surface area contributed by atoms with Gasteiger partial charge in [0.05, 0.1) is 6.54 Å². The number of nitrogens with two attached hydrogens (primary N) is 1. The van der Waals surface area contributed by atoms with E-state index in [1.165, 1.54) is 5.41 Å². The number of carbonyl (C=O) groups is 1. The van der Waals surface area contributed by atoms with Crippen LogP contribution in [0.5, 0.6) is 0 Å². The largest absolute Gasteiger partial charge is 0.369 e. The average Bonchev–Trinajstić information content (AvgIpc) is 2.48. The molecule has 2 rings (SSSR count). The van der Waals surface area contributed by atoms with Gasteiger partial charge in [-0.1, -0.05) is 29.8 Å². The highest BCUT2D eigenvalue weighted by Crippen LogP contribution is 2.12. The maximum Gasteiger partial charge on any atom is 0.233 e. The number of aryl methyl sites for hydroxylation is 1. The van der Waals surface area contributed by atoms with E-state index in [0.29, 0.717) is 25.9 Å². The third-order valence-electron chi connectivity index (χ3n) is 3.81. The molecule has 1 aromatic rings. The average molecular weight is 337 g/mol. The fourth-order valence-corrected chi connectivity index (χ4v) is 3.66. The summed E-state index contributed by atoms with van der Waals surface area (Å²) in [5.41, 5.74) is 7.14. The highest BCUT2D eigenvalue weighted by atomic mass is 32.2. The highest BCUT2D eigenvalue weighted by Gasteiger charge is 2.22. The van der Waals surface area contributed by atoms with Crippen LogP contribution in [0.1, 0.15) is 24.0 Å². The quantitative estimate of drug-likeness (QED) is 0.804. The zero-order valence-electron chi connectivity index (χ0n) is 13.2. The first kappa shape index (κ1) is 17.7. The summed E-state index contributed by atoms with van der Waals surface area (Å²) in [6.45, 7) is 3.54. The number of hydrogen-bond donors (Lipinski definition) is 2. The first-order valence-corrected chi connectivity index (χ1v) is 9.16. The number of carbonyl (C=O) groups excluding carboxylic acids is 1. The van der Waals surface area contributed by atoms with Gasteiger partial charge in [-0.25, -0.2) is 13.1 Å². The van der Waals surface area contributed by atoms with Crippen LogP contribution >= 0.6 is 0 Å². The van der Waals surface area contributed by atoms with Crippen molar-refractivity contribution in [1.29, 1.82) is 0 Å². The van der Waals surface area contributed by atoms with Gasteiger partial charge in [0.1, 0.15) is 0 Å². The van der Waals surface area contributed by atoms with Crippen molar-refractivity contribution in [1.82, 2.24) is 9.62 Å². The van der Waals surface area contributed by atoms with Crippen molar-refractivity contribution in [3.05, 3.63) is 40.8 Å². The number of nitrogens with zero attached hydrogens (tertiary/aromatic N) is 1. The lowest BCUT2D eigenvalue weighted by molar-refractivity contribution is -0.119. The van der Waals surface area contributed by atoms with Gasteiger partial charge >= 0.3 is 0 Å². The van der Waals surface area contributed by atoms with Crippen molar-refractivity contribution >= 4 is 22.0 Å². The predicted molar refractivity (Wildman–Crippen MR) is 90.9 cm³/mol. The molecular weight excluding hydrogens is 314 g/mol. The topological polar surface area (TPSA) is 92.5 Å². The normalized spacial score (nSPS) is 17.6. The Labute approximate surface area is 137 Å². The molecule has 1 aliphatic heterocycles. The SMILES string of the molecule is Cc1ccc(/C=C/S(=O)(=O)NC2CCN(CC(N)=O)CC2)cc1. The van der Waals surface area contributed by atoms with Crippen LogP contribution in [0.4, 0.5) is 0 Å². The Morgan fingerprint density at radius 3 is 2.48 bits per heavy atom. The van der Waals surface area contributed by atoms with E-state index in [0.717, 1.165) is 11.1 Å². The summed E-state index contributed by atoms with van der Waals surface area (Å²) in [5, 5.41) is 1.20. The summed E-state index contributed by atoms with van der Waals surface area (Å²) < 4.78 is 26.9. The summed E-state index contributed by atoms with van der Waals surface area (Å²) >= 11 is 0. The lowest BCUT2D eigenvalue weighted by atomic mass is 10.1. The Kier molecular flexibility index (Phi) is 5.92. The van der Waals surface area contributed by atoms with Crippen molar-refractivity contribution in [2.75, 3.05) is 19.6 Å². The van der Waals surface area contributed by atoms with Crippen molar-refractivity contribution in [3.63, 3.8) is 0 Å². The van der Waals surface area contributed by atoms with E-state index in [1.807, 2.05) is 36.1 Å². The van der Waals surface area contributed by atoms with Crippen LogP contribution in [0.25, 0.3) is 6.08 Å². The molecule has 0 bridgehead atoms. The molecule has 0 unspecified atom stereocenters. The minimum absolute atomic E-state index is 0.105. The van der Waals surface area contributed by atoms with E-state index in [2.05, 4.69) is 4.72 Å². The van der Waals surface area contributed by atoms with Gasteiger partial charge in [-0.3, -0.25) is 9.69 Å². The summed E-state index contributed by atoms with van der Waals surface area (Å²) in [6.07, 6.45) is 2.93. The van der Waals surface area contributed by atoms with E-state index in [-0.39, 0.29) is 18.5 Å². The molecule has 0 atom stereocenters. The Bertz CT molecular complexity index is 660. The van der Waals surface area contributed by atoms with Crippen LogP contribution in [0.2, 0.25) is 0 Å². The zero-order chi connectivity index (χ0) is 16.9.